The quantitative estimate of drug-likeness (QED) is 0.865. The summed E-state index contributed by atoms with van der Waals surface area (Å²) < 4.78 is 19.8. The minimum Gasteiger partial charge on any atom is -0.457 e. The predicted molar refractivity (Wildman–Crippen MR) is 75.0 cm³/mol. The van der Waals surface area contributed by atoms with E-state index in [4.69, 9.17) is 4.74 Å². The van der Waals surface area contributed by atoms with Crippen LogP contribution in [0.25, 0.3) is 0 Å². The smallest absolute Gasteiger partial charge is 0.135 e. The average molecular weight is 259 g/mol. The molecule has 0 aliphatic carbocycles. The van der Waals surface area contributed by atoms with Gasteiger partial charge in [-0.2, -0.15) is 0 Å². The fourth-order valence-electron chi connectivity index (χ4n) is 2.05. The third kappa shape index (κ3) is 3.32. The Bertz CT molecular complexity index is 528. The lowest BCUT2D eigenvalue weighted by molar-refractivity contribution is 0.448. The molecule has 2 rings (SSSR count). The highest BCUT2D eigenvalue weighted by Crippen LogP contribution is 2.31. The average Bonchev–Trinajstić information content (AvgIpc) is 2.40. The molecule has 1 N–H and O–H groups in total. The van der Waals surface area contributed by atoms with Crippen LogP contribution in [0.5, 0.6) is 11.5 Å². The van der Waals surface area contributed by atoms with E-state index in [2.05, 4.69) is 5.32 Å². The first-order valence-corrected chi connectivity index (χ1v) is 6.47. The molecule has 3 heteroatoms. The fourth-order valence-corrected chi connectivity index (χ4v) is 2.05. The van der Waals surface area contributed by atoms with Crippen molar-refractivity contribution in [3.05, 3.63) is 59.9 Å². The standard InChI is InChI=1S/C16H18FNO/c1-3-18-12(2)16-14(17)10-7-11-15(16)19-13-8-5-4-6-9-13/h4-12,18H,3H2,1-2H3. The summed E-state index contributed by atoms with van der Waals surface area (Å²) in [6, 6.07) is 14.2. The van der Waals surface area contributed by atoms with Gasteiger partial charge in [-0.25, -0.2) is 4.39 Å². The van der Waals surface area contributed by atoms with Gasteiger partial charge in [0.25, 0.3) is 0 Å². The molecular formula is C16H18FNO. The van der Waals surface area contributed by atoms with Gasteiger partial charge in [0, 0.05) is 11.6 Å². The molecule has 0 fully saturated rings. The second-order valence-corrected chi connectivity index (χ2v) is 4.35. The Kier molecular flexibility index (Phi) is 4.53. The Morgan fingerprint density at radius 2 is 1.84 bits per heavy atom. The molecule has 0 saturated carbocycles. The number of hydrogen-bond donors (Lipinski definition) is 1. The lowest BCUT2D eigenvalue weighted by atomic mass is 10.1. The number of para-hydroxylation sites is 1. The summed E-state index contributed by atoms with van der Waals surface area (Å²) in [6.07, 6.45) is 0. The van der Waals surface area contributed by atoms with Gasteiger partial charge in [0.2, 0.25) is 0 Å². The fraction of sp³-hybridized carbons (Fsp3) is 0.250. The molecule has 100 valence electrons. The third-order valence-corrected chi connectivity index (χ3v) is 2.93. The summed E-state index contributed by atoms with van der Waals surface area (Å²) in [5, 5.41) is 3.21. The zero-order chi connectivity index (χ0) is 13.7. The van der Waals surface area contributed by atoms with Crippen molar-refractivity contribution in [1.82, 2.24) is 5.32 Å². The van der Waals surface area contributed by atoms with Gasteiger partial charge in [0.15, 0.2) is 0 Å². The SMILES string of the molecule is CCNC(C)c1c(F)cccc1Oc1ccccc1. The molecule has 0 aromatic heterocycles. The first-order valence-electron chi connectivity index (χ1n) is 6.47. The molecule has 0 bridgehead atoms. The third-order valence-electron chi connectivity index (χ3n) is 2.93. The second-order valence-electron chi connectivity index (χ2n) is 4.35. The zero-order valence-corrected chi connectivity index (χ0v) is 11.2. The predicted octanol–water partition coefficient (Wildman–Crippen LogP) is 4.29. The van der Waals surface area contributed by atoms with Crippen molar-refractivity contribution in [2.75, 3.05) is 6.54 Å². The summed E-state index contributed by atoms with van der Waals surface area (Å²) in [5.74, 6) is 1.01. The van der Waals surface area contributed by atoms with Crippen LogP contribution in [-0.4, -0.2) is 6.54 Å². The van der Waals surface area contributed by atoms with Crippen LogP contribution in [0.2, 0.25) is 0 Å². The zero-order valence-electron chi connectivity index (χ0n) is 11.2. The molecule has 0 spiro atoms. The number of benzene rings is 2. The number of ether oxygens (including phenoxy) is 1. The van der Waals surface area contributed by atoms with Crippen molar-refractivity contribution in [2.45, 2.75) is 19.9 Å². The lowest BCUT2D eigenvalue weighted by Gasteiger charge is -2.18. The van der Waals surface area contributed by atoms with Crippen molar-refractivity contribution in [1.29, 1.82) is 0 Å². The highest BCUT2D eigenvalue weighted by Gasteiger charge is 2.16. The summed E-state index contributed by atoms with van der Waals surface area (Å²) in [4.78, 5) is 0. The van der Waals surface area contributed by atoms with Crippen LogP contribution in [0, 0.1) is 5.82 Å². The highest BCUT2D eigenvalue weighted by atomic mass is 19.1. The van der Waals surface area contributed by atoms with Gasteiger partial charge >= 0.3 is 0 Å². The van der Waals surface area contributed by atoms with E-state index in [1.165, 1.54) is 6.07 Å². The van der Waals surface area contributed by atoms with E-state index in [1.807, 2.05) is 44.2 Å². The molecule has 19 heavy (non-hydrogen) atoms. The maximum atomic E-state index is 14.0. The maximum Gasteiger partial charge on any atom is 0.135 e. The molecule has 2 aromatic carbocycles. The van der Waals surface area contributed by atoms with Crippen LogP contribution < -0.4 is 10.1 Å². The van der Waals surface area contributed by atoms with Crippen LogP contribution in [0.1, 0.15) is 25.5 Å². The van der Waals surface area contributed by atoms with Crippen molar-refractivity contribution in [2.24, 2.45) is 0 Å². The van der Waals surface area contributed by atoms with Gasteiger partial charge in [0.1, 0.15) is 17.3 Å². The molecule has 0 aliphatic rings. The second kappa shape index (κ2) is 6.34. The number of nitrogens with one attached hydrogen (secondary N) is 1. The van der Waals surface area contributed by atoms with Crippen LogP contribution in [-0.2, 0) is 0 Å². The molecule has 0 saturated heterocycles. The Balaban J connectivity index is 2.32. The molecule has 0 heterocycles. The van der Waals surface area contributed by atoms with Gasteiger partial charge in [-0.3, -0.25) is 0 Å². The first-order chi connectivity index (χ1) is 9.22. The summed E-state index contributed by atoms with van der Waals surface area (Å²) in [5.41, 5.74) is 0.563. The number of halogens is 1. The molecule has 2 nitrogen and oxygen atoms in total. The molecule has 0 amide bonds. The van der Waals surface area contributed by atoms with Crippen LogP contribution >= 0.6 is 0 Å². The first kappa shape index (κ1) is 13.6. The highest BCUT2D eigenvalue weighted by molar-refractivity contribution is 5.40. The molecule has 0 aliphatic heterocycles. The van der Waals surface area contributed by atoms with Crippen LogP contribution in [0.4, 0.5) is 4.39 Å². The summed E-state index contributed by atoms with van der Waals surface area (Å²) in [7, 11) is 0. The summed E-state index contributed by atoms with van der Waals surface area (Å²) >= 11 is 0. The lowest BCUT2D eigenvalue weighted by Crippen LogP contribution is -2.19. The van der Waals surface area contributed by atoms with Gasteiger partial charge in [0.05, 0.1) is 0 Å². The van der Waals surface area contributed by atoms with E-state index < -0.39 is 0 Å². The van der Waals surface area contributed by atoms with Crippen LogP contribution in [0.3, 0.4) is 0 Å². The largest absolute Gasteiger partial charge is 0.457 e. The van der Waals surface area contributed by atoms with Gasteiger partial charge in [-0.05, 0) is 37.7 Å². The van der Waals surface area contributed by atoms with E-state index in [0.717, 1.165) is 6.54 Å². The molecule has 1 unspecified atom stereocenters. The van der Waals surface area contributed by atoms with E-state index in [1.54, 1.807) is 12.1 Å². The Morgan fingerprint density at radius 1 is 1.11 bits per heavy atom. The molecule has 1 atom stereocenters. The van der Waals surface area contributed by atoms with E-state index in [-0.39, 0.29) is 11.9 Å². The van der Waals surface area contributed by atoms with Crippen molar-refractivity contribution in [3.8, 4) is 11.5 Å². The molecule has 2 aromatic rings. The van der Waals surface area contributed by atoms with Gasteiger partial charge < -0.3 is 10.1 Å². The molecule has 0 radical (unpaired) electrons. The van der Waals surface area contributed by atoms with Crippen molar-refractivity contribution < 1.29 is 9.13 Å². The number of rotatable bonds is 5. The maximum absolute atomic E-state index is 14.0. The van der Waals surface area contributed by atoms with Gasteiger partial charge in [-0.1, -0.05) is 31.2 Å². The number of hydrogen-bond acceptors (Lipinski definition) is 2. The Hall–Kier alpha value is -1.87. The minimum absolute atomic E-state index is 0.0927. The van der Waals surface area contributed by atoms with Crippen LogP contribution in [0.15, 0.2) is 48.5 Å². The normalized spacial score (nSPS) is 12.2. The van der Waals surface area contributed by atoms with E-state index >= 15 is 0 Å². The molecular weight excluding hydrogens is 241 g/mol. The Labute approximate surface area is 113 Å². The van der Waals surface area contributed by atoms with Crippen molar-refractivity contribution in [3.63, 3.8) is 0 Å². The van der Waals surface area contributed by atoms with Gasteiger partial charge in [-0.15, -0.1) is 0 Å². The van der Waals surface area contributed by atoms with Crippen molar-refractivity contribution >= 4 is 0 Å². The Morgan fingerprint density at radius 3 is 2.53 bits per heavy atom. The monoisotopic (exact) mass is 259 g/mol. The topological polar surface area (TPSA) is 21.3 Å². The van der Waals surface area contributed by atoms with E-state index in [0.29, 0.717) is 17.1 Å². The minimum atomic E-state index is -0.248. The van der Waals surface area contributed by atoms with E-state index in [9.17, 15) is 4.39 Å². The summed E-state index contributed by atoms with van der Waals surface area (Å²) in [6.45, 7) is 4.70.